The van der Waals surface area contributed by atoms with Crippen molar-refractivity contribution in [3.8, 4) is 0 Å². The summed E-state index contributed by atoms with van der Waals surface area (Å²) in [6.07, 6.45) is 6.09. The first-order valence-electron chi connectivity index (χ1n) is 9.02. The van der Waals surface area contributed by atoms with E-state index < -0.39 is 6.04 Å². The maximum Gasteiger partial charge on any atom is 0.243 e. The molecule has 0 fully saturated rings. The first kappa shape index (κ1) is 25.1. The van der Waals surface area contributed by atoms with Gasteiger partial charge in [-0.05, 0) is 39.1 Å². The Labute approximate surface area is 165 Å². The van der Waals surface area contributed by atoms with Crippen molar-refractivity contribution in [3.05, 3.63) is 0 Å². The summed E-state index contributed by atoms with van der Waals surface area (Å²) in [7, 11) is 8.55. The Kier molecular flexibility index (Phi) is 15.7. The number of unbranched alkanes of at least 4 members (excludes halogenated alkanes) is 2. The molecule has 0 bridgehead atoms. The van der Waals surface area contributed by atoms with Gasteiger partial charge in [0.15, 0.2) is 0 Å². The second-order valence-corrected chi connectivity index (χ2v) is 8.63. The molecular weight excluding hydrogens is 372 g/mol. The van der Waals surface area contributed by atoms with Gasteiger partial charge in [-0.1, -0.05) is 28.0 Å². The maximum absolute atomic E-state index is 12.4. The van der Waals surface area contributed by atoms with Crippen LogP contribution in [0.15, 0.2) is 0 Å². The van der Waals surface area contributed by atoms with Crippen molar-refractivity contribution in [1.82, 2.24) is 20.9 Å². The van der Waals surface area contributed by atoms with Gasteiger partial charge in [0.2, 0.25) is 17.7 Å². The zero-order valence-corrected chi connectivity index (χ0v) is 18.1. The molecule has 0 heterocycles. The molecule has 7 nitrogen and oxygen atoms in total. The van der Waals surface area contributed by atoms with Crippen LogP contribution >= 0.6 is 21.6 Å². The minimum absolute atomic E-state index is 0.0268. The highest BCUT2D eigenvalue weighted by atomic mass is 33.1. The quantitative estimate of drug-likeness (QED) is 0.280. The summed E-state index contributed by atoms with van der Waals surface area (Å²) in [5, 5.41) is 8.35. The van der Waals surface area contributed by atoms with Gasteiger partial charge in [-0.2, -0.15) is 0 Å². The van der Waals surface area contributed by atoms with Crippen molar-refractivity contribution in [2.45, 2.75) is 44.6 Å². The summed E-state index contributed by atoms with van der Waals surface area (Å²) in [4.78, 5) is 38.0. The SMILES string of the molecule is CNCCCNC(=O)[C@H](CC(=O)NC)N(C)C(=O)CCCCCSSC. The van der Waals surface area contributed by atoms with Crippen molar-refractivity contribution in [1.29, 1.82) is 0 Å². The lowest BCUT2D eigenvalue weighted by atomic mass is 10.1. The first-order chi connectivity index (χ1) is 12.5. The van der Waals surface area contributed by atoms with E-state index in [1.54, 1.807) is 17.8 Å². The number of nitrogens with zero attached hydrogens (tertiary/aromatic N) is 1. The molecule has 0 unspecified atom stereocenters. The largest absolute Gasteiger partial charge is 0.359 e. The van der Waals surface area contributed by atoms with Crippen molar-refractivity contribution >= 4 is 39.3 Å². The standard InChI is InChI=1S/C17H34N4O3S2/c1-18-10-8-11-20-17(24)14(13-15(22)19-2)21(3)16(23)9-6-5-7-12-26-25-4/h14,18H,5-13H2,1-4H3,(H,19,22)(H,20,24)/t14-/m0/s1. The Balaban J connectivity index is 4.51. The fourth-order valence-electron chi connectivity index (χ4n) is 2.33. The van der Waals surface area contributed by atoms with E-state index in [1.807, 2.05) is 17.8 Å². The second kappa shape index (κ2) is 16.3. The highest BCUT2D eigenvalue weighted by Crippen LogP contribution is 2.19. The number of carbonyl (C=O) groups is 3. The van der Waals surface area contributed by atoms with Crippen LogP contribution in [-0.4, -0.2) is 74.9 Å². The molecule has 0 aliphatic carbocycles. The lowest BCUT2D eigenvalue weighted by molar-refractivity contribution is -0.141. The van der Waals surface area contributed by atoms with Crippen LogP contribution in [0.1, 0.15) is 38.5 Å². The van der Waals surface area contributed by atoms with Gasteiger partial charge in [-0.3, -0.25) is 14.4 Å². The summed E-state index contributed by atoms with van der Waals surface area (Å²) in [5.74, 6) is 0.451. The van der Waals surface area contributed by atoms with E-state index in [-0.39, 0.29) is 24.1 Å². The van der Waals surface area contributed by atoms with Gasteiger partial charge in [0.1, 0.15) is 6.04 Å². The number of rotatable bonds is 15. The zero-order valence-electron chi connectivity index (χ0n) is 16.4. The number of hydrogen-bond acceptors (Lipinski definition) is 6. The van der Waals surface area contributed by atoms with Gasteiger partial charge >= 0.3 is 0 Å². The normalized spacial score (nSPS) is 11.7. The molecule has 26 heavy (non-hydrogen) atoms. The number of hydrogen-bond donors (Lipinski definition) is 3. The van der Waals surface area contributed by atoms with E-state index in [2.05, 4.69) is 22.2 Å². The number of nitrogens with one attached hydrogen (secondary N) is 3. The summed E-state index contributed by atoms with van der Waals surface area (Å²) in [6.45, 7) is 1.31. The third-order valence-corrected chi connectivity index (χ3v) is 5.86. The first-order valence-corrected chi connectivity index (χ1v) is 11.7. The highest BCUT2D eigenvalue weighted by Gasteiger charge is 2.28. The molecule has 152 valence electrons. The van der Waals surface area contributed by atoms with Crippen molar-refractivity contribution < 1.29 is 14.4 Å². The summed E-state index contributed by atoms with van der Waals surface area (Å²) in [6, 6.07) is -0.774. The highest BCUT2D eigenvalue weighted by molar-refractivity contribution is 8.76. The summed E-state index contributed by atoms with van der Waals surface area (Å²) in [5.41, 5.74) is 0. The molecule has 0 aliphatic heterocycles. The van der Waals surface area contributed by atoms with Gasteiger partial charge in [0.05, 0.1) is 6.42 Å². The average Bonchev–Trinajstić information content (AvgIpc) is 2.64. The monoisotopic (exact) mass is 406 g/mol. The Morgan fingerprint density at radius 1 is 1.04 bits per heavy atom. The van der Waals surface area contributed by atoms with Crippen molar-refractivity contribution in [3.63, 3.8) is 0 Å². The molecule has 0 rings (SSSR count). The molecule has 0 aromatic carbocycles. The molecule has 1 atom stereocenters. The van der Waals surface area contributed by atoms with Crippen LogP contribution in [0.4, 0.5) is 0 Å². The van der Waals surface area contributed by atoms with Gasteiger partial charge in [-0.15, -0.1) is 0 Å². The third-order valence-electron chi connectivity index (χ3n) is 3.96. The van der Waals surface area contributed by atoms with Crippen LogP contribution in [0, 0.1) is 0 Å². The van der Waals surface area contributed by atoms with E-state index in [1.165, 1.54) is 11.9 Å². The maximum atomic E-state index is 12.4. The second-order valence-electron chi connectivity index (χ2n) is 5.95. The molecule has 0 aliphatic rings. The van der Waals surface area contributed by atoms with E-state index in [0.717, 1.165) is 38.0 Å². The lowest BCUT2D eigenvalue weighted by Crippen LogP contribution is -2.50. The molecule has 0 aromatic rings. The Morgan fingerprint density at radius 2 is 1.77 bits per heavy atom. The van der Waals surface area contributed by atoms with Crippen LogP contribution in [0.2, 0.25) is 0 Å². The number of carbonyl (C=O) groups excluding carboxylic acids is 3. The fourth-order valence-corrected chi connectivity index (χ4v) is 3.67. The van der Waals surface area contributed by atoms with Crippen LogP contribution in [0.3, 0.4) is 0 Å². The summed E-state index contributed by atoms with van der Waals surface area (Å²) < 4.78 is 0. The molecule has 0 saturated carbocycles. The van der Waals surface area contributed by atoms with Gasteiger partial charge < -0.3 is 20.9 Å². The predicted octanol–water partition coefficient (Wildman–Crippen LogP) is 1.25. The van der Waals surface area contributed by atoms with Gasteiger partial charge in [0.25, 0.3) is 0 Å². The van der Waals surface area contributed by atoms with E-state index in [4.69, 9.17) is 0 Å². The molecule has 3 amide bonds. The molecule has 0 aromatic heterocycles. The molecule has 0 radical (unpaired) electrons. The van der Waals surface area contributed by atoms with E-state index in [9.17, 15) is 14.4 Å². The van der Waals surface area contributed by atoms with Crippen LogP contribution in [-0.2, 0) is 14.4 Å². The van der Waals surface area contributed by atoms with Gasteiger partial charge in [-0.25, -0.2) is 0 Å². The van der Waals surface area contributed by atoms with E-state index in [0.29, 0.717) is 13.0 Å². The third kappa shape index (κ3) is 11.6. The van der Waals surface area contributed by atoms with Crippen molar-refractivity contribution in [2.75, 3.05) is 46.2 Å². The molecule has 0 saturated heterocycles. The number of likely N-dealkylation sites (N-methyl/N-ethyl adjacent to an activating group) is 1. The average molecular weight is 407 g/mol. The fraction of sp³-hybridized carbons (Fsp3) is 0.824. The molecule has 0 spiro atoms. The molecule has 3 N–H and O–H groups in total. The minimum atomic E-state index is -0.774. The van der Waals surface area contributed by atoms with Crippen LogP contribution in [0.25, 0.3) is 0 Å². The zero-order chi connectivity index (χ0) is 19.8. The Morgan fingerprint density at radius 3 is 2.38 bits per heavy atom. The van der Waals surface area contributed by atoms with Gasteiger partial charge in [0, 0.05) is 32.8 Å². The Hall–Kier alpha value is -0.930. The Bertz CT molecular complexity index is 425. The van der Waals surface area contributed by atoms with Crippen LogP contribution in [0.5, 0.6) is 0 Å². The topological polar surface area (TPSA) is 90.5 Å². The van der Waals surface area contributed by atoms with Crippen LogP contribution < -0.4 is 16.0 Å². The predicted molar refractivity (Wildman–Crippen MR) is 111 cm³/mol. The summed E-state index contributed by atoms with van der Waals surface area (Å²) >= 11 is 0. The van der Waals surface area contributed by atoms with E-state index >= 15 is 0 Å². The number of amides is 3. The molecule has 9 heteroatoms. The van der Waals surface area contributed by atoms with Crippen molar-refractivity contribution in [2.24, 2.45) is 0 Å². The lowest BCUT2D eigenvalue weighted by Gasteiger charge is -2.27. The molecular formula is C17H34N4O3S2. The minimum Gasteiger partial charge on any atom is -0.359 e. The smallest absolute Gasteiger partial charge is 0.243 e.